The van der Waals surface area contributed by atoms with E-state index in [0.717, 1.165) is 30.8 Å². The van der Waals surface area contributed by atoms with Gasteiger partial charge in [-0.2, -0.15) is 13.2 Å². The van der Waals surface area contributed by atoms with Crippen LogP contribution in [0.5, 0.6) is 0 Å². The molecule has 2 fully saturated rings. The fourth-order valence-electron chi connectivity index (χ4n) is 4.32. The Morgan fingerprint density at radius 3 is 2.62 bits per heavy atom. The number of alkyl halides is 3. The molecule has 9 heteroatoms. The fourth-order valence-corrected chi connectivity index (χ4v) is 7.31. The van der Waals surface area contributed by atoms with Crippen LogP contribution in [0.4, 0.5) is 18.9 Å². The van der Waals surface area contributed by atoms with Gasteiger partial charge in [0.15, 0.2) is 0 Å². The van der Waals surface area contributed by atoms with Crippen LogP contribution in [0.25, 0.3) is 10.9 Å². The molecule has 3 heterocycles. The lowest BCUT2D eigenvalue weighted by atomic mass is 10.1. The first-order valence-corrected chi connectivity index (χ1v) is 11.8. The Hall–Kier alpha value is -1.32. The molecule has 29 heavy (non-hydrogen) atoms. The van der Waals surface area contributed by atoms with Gasteiger partial charge in [-0.3, -0.25) is 4.79 Å². The Morgan fingerprint density at radius 1 is 1.21 bits per heavy atom. The molecule has 2 aromatic rings. The Morgan fingerprint density at radius 2 is 1.93 bits per heavy atom. The lowest BCUT2D eigenvalue weighted by Crippen LogP contribution is -2.46. The monoisotopic (exact) mass is 444 g/mol. The minimum atomic E-state index is -4.62. The second-order valence-electron chi connectivity index (χ2n) is 7.63. The summed E-state index contributed by atoms with van der Waals surface area (Å²) >= 11 is 3.53. The second-order valence-corrected chi connectivity index (χ2v) is 10.4. The predicted octanol–water partition coefficient (Wildman–Crippen LogP) is 4.46. The highest BCUT2D eigenvalue weighted by Gasteiger charge is 2.40. The van der Waals surface area contributed by atoms with Gasteiger partial charge >= 0.3 is 6.18 Å². The molecule has 1 aromatic heterocycles. The van der Waals surface area contributed by atoms with Crippen LogP contribution in [0.3, 0.4) is 0 Å². The van der Waals surface area contributed by atoms with E-state index >= 15 is 0 Å². The van der Waals surface area contributed by atoms with Crippen molar-refractivity contribution in [1.82, 2.24) is 4.98 Å². The maximum Gasteiger partial charge on any atom is 0.417 e. The van der Waals surface area contributed by atoms with Gasteiger partial charge in [0.25, 0.3) is 0 Å². The number of aromatic nitrogens is 1. The molecule has 1 unspecified atom stereocenters. The van der Waals surface area contributed by atoms with Crippen molar-refractivity contribution in [3.05, 3.63) is 40.2 Å². The van der Waals surface area contributed by atoms with E-state index in [1.54, 1.807) is 29.6 Å². The first-order valence-electron chi connectivity index (χ1n) is 9.69. The van der Waals surface area contributed by atoms with E-state index in [1.807, 2.05) is 6.92 Å². The Balaban J connectivity index is 1.73. The van der Waals surface area contributed by atoms with Crippen LogP contribution < -0.4 is 10.5 Å². The zero-order valence-electron chi connectivity index (χ0n) is 15.9. The highest BCUT2D eigenvalue weighted by atomic mass is 32.2. The van der Waals surface area contributed by atoms with Crippen molar-refractivity contribution < 1.29 is 18.3 Å². The van der Waals surface area contributed by atoms with Gasteiger partial charge in [-0.05, 0) is 55.9 Å². The number of halogens is 3. The molecule has 2 aliphatic heterocycles. The topological polar surface area (TPSA) is 56.3 Å². The largest absolute Gasteiger partial charge is 0.417 e. The molecule has 2 aliphatic rings. The molecule has 3 atom stereocenters. The van der Waals surface area contributed by atoms with Crippen molar-refractivity contribution in [3.8, 4) is 0 Å². The van der Waals surface area contributed by atoms with E-state index in [4.69, 9.17) is 0 Å². The molecule has 2 N–H and O–H groups in total. The number of aromatic amines is 1. The number of nitrogens with one attached hydrogen (secondary N) is 1. The summed E-state index contributed by atoms with van der Waals surface area (Å²) < 4.78 is 40.6. The summed E-state index contributed by atoms with van der Waals surface area (Å²) in [6, 6.07) is 5.35. The number of H-pyrrole nitrogens is 1. The lowest BCUT2D eigenvalue weighted by Gasteiger charge is -2.37. The summed E-state index contributed by atoms with van der Waals surface area (Å²) in [5.41, 5.74) is -0.891. The quantitative estimate of drug-likeness (QED) is 0.732. The van der Waals surface area contributed by atoms with Crippen molar-refractivity contribution >= 4 is 40.1 Å². The summed E-state index contributed by atoms with van der Waals surface area (Å²) in [6.07, 6.45) is -2.36. The van der Waals surface area contributed by atoms with Crippen molar-refractivity contribution in [3.63, 3.8) is 0 Å². The first kappa shape index (κ1) is 20.9. The van der Waals surface area contributed by atoms with E-state index in [9.17, 15) is 23.1 Å². The third kappa shape index (κ3) is 4.14. The number of hydrogen-bond donors (Lipinski definition) is 2. The smallest absolute Gasteiger partial charge is 0.389 e. The zero-order chi connectivity index (χ0) is 20.8. The van der Waals surface area contributed by atoms with Gasteiger partial charge < -0.3 is 15.0 Å². The average molecular weight is 445 g/mol. The summed E-state index contributed by atoms with van der Waals surface area (Å²) in [6.45, 7) is 2.04. The van der Waals surface area contributed by atoms with Crippen LogP contribution in [0.15, 0.2) is 29.1 Å². The van der Waals surface area contributed by atoms with Crippen molar-refractivity contribution in [2.24, 2.45) is 0 Å². The Kier molecular flexibility index (Phi) is 5.83. The predicted molar refractivity (Wildman–Crippen MR) is 114 cm³/mol. The van der Waals surface area contributed by atoms with E-state index in [1.165, 1.54) is 12.1 Å². The van der Waals surface area contributed by atoms with Crippen LogP contribution in [0.1, 0.15) is 31.7 Å². The van der Waals surface area contributed by atoms with Gasteiger partial charge in [0, 0.05) is 28.7 Å². The number of aliphatic hydroxyl groups is 1. The van der Waals surface area contributed by atoms with Crippen LogP contribution >= 0.6 is 23.5 Å². The molecule has 158 valence electrons. The molecule has 0 aliphatic carbocycles. The third-order valence-electron chi connectivity index (χ3n) is 5.67. The summed E-state index contributed by atoms with van der Waals surface area (Å²) in [7, 11) is 0. The molecule has 0 radical (unpaired) electrons. The molecule has 1 aromatic carbocycles. The Labute approximate surface area is 175 Å². The normalized spacial score (nSPS) is 24.9. The van der Waals surface area contributed by atoms with Gasteiger partial charge in [-0.1, -0.05) is 0 Å². The number of rotatable bonds is 3. The van der Waals surface area contributed by atoms with Crippen LogP contribution in [0.2, 0.25) is 0 Å². The molecular weight excluding hydrogens is 421 g/mol. The van der Waals surface area contributed by atoms with Gasteiger partial charge in [0.05, 0.1) is 22.3 Å². The summed E-state index contributed by atoms with van der Waals surface area (Å²) in [5.74, 6) is 2.05. The molecule has 0 spiro atoms. The molecule has 0 amide bonds. The fraction of sp³-hybridized carbons (Fsp3) is 0.550. The zero-order valence-corrected chi connectivity index (χ0v) is 17.5. The van der Waals surface area contributed by atoms with Gasteiger partial charge in [-0.25, -0.2) is 0 Å². The average Bonchev–Trinajstić information content (AvgIpc) is 3.07. The van der Waals surface area contributed by atoms with Gasteiger partial charge in [0.1, 0.15) is 0 Å². The minimum Gasteiger partial charge on any atom is -0.389 e. The second kappa shape index (κ2) is 8.07. The number of pyridine rings is 1. The molecule has 2 saturated heterocycles. The number of nitrogens with zero attached hydrogens (tertiary/aromatic N) is 1. The SMILES string of the molecule is C[C@@H]1CC[C@H](C(O)C2SCCCS2)N1c1ccc2[nH]c(=O)cc(C(F)(F)F)c2c1. The van der Waals surface area contributed by atoms with Gasteiger partial charge in [-0.15, -0.1) is 23.5 Å². The number of fused-ring (bicyclic) bond motifs is 1. The Bertz CT molecular complexity index is 943. The minimum absolute atomic E-state index is 0.0247. The van der Waals surface area contributed by atoms with Crippen LogP contribution in [-0.2, 0) is 6.18 Å². The van der Waals surface area contributed by atoms with E-state index in [0.29, 0.717) is 11.8 Å². The van der Waals surface area contributed by atoms with E-state index in [-0.39, 0.29) is 27.6 Å². The highest BCUT2D eigenvalue weighted by molar-refractivity contribution is 8.17. The van der Waals surface area contributed by atoms with Crippen molar-refractivity contribution in [2.75, 3.05) is 16.4 Å². The maximum absolute atomic E-state index is 13.5. The lowest BCUT2D eigenvalue weighted by molar-refractivity contribution is -0.136. The first-order chi connectivity index (χ1) is 13.8. The number of aliphatic hydroxyl groups excluding tert-OH is 1. The van der Waals surface area contributed by atoms with Gasteiger partial charge in [0.2, 0.25) is 5.56 Å². The van der Waals surface area contributed by atoms with Crippen LogP contribution in [0, 0.1) is 0 Å². The number of hydrogen-bond acceptors (Lipinski definition) is 5. The maximum atomic E-state index is 13.5. The van der Waals surface area contributed by atoms with E-state index in [2.05, 4.69) is 9.88 Å². The third-order valence-corrected chi connectivity index (χ3v) is 8.75. The number of benzene rings is 1. The molecule has 0 bridgehead atoms. The summed E-state index contributed by atoms with van der Waals surface area (Å²) in [4.78, 5) is 16.2. The molecule has 4 nitrogen and oxygen atoms in total. The summed E-state index contributed by atoms with van der Waals surface area (Å²) in [5, 5.41) is 11.0. The molecule has 0 saturated carbocycles. The van der Waals surface area contributed by atoms with E-state index < -0.39 is 23.4 Å². The molecular formula is C20H23F3N2O2S2. The number of thioether (sulfide) groups is 2. The highest BCUT2D eigenvalue weighted by Crippen LogP contribution is 2.41. The van der Waals surface area contributed by atoms with Crippen LogP contribution in [-0.4, -0.2) is 44.4 Å². The number of anilines is 1. The van der Waals surface area contributed by atoms with Crippen molar-refractivity contribution in [1.29, 1.82) is 0 Å². The standard InChI is InChI=1S/C20H23F3N2O2S2/c1-11-3-6-16(18(27)19-28-7-2-8-29-19)25(11)12-4-5-15-13(9-12)14(20(21,22)23)10-17(26)24-15/h4-5,9-11,16,18-19,27H,2-3,6-8H2,1H3,(H,24,26)/t11-,16-,18?/m1/s1. The molecule has 4 rings (SSSR count). The van der Waals surface area contributed by atoms with Crippen molar-refractivity contribution in [2.45, 2.75) is 55.1 Å².